The van der Waals surface area contributed by atoms with E-state index >= 15 is 0 Å². The van der Waals surface area contributed by atoms with Gasteiger partial charge in [0.25, 0.3) is 5.91 Å². The van der Waals surface area contributed by atoms with Gasteiger partial charge in [-0.3, -0.25) is 4.79 Å². The number of hydrogen-bond donors (Lipinski definition) is 1. The Morgan fingerprint density at radius 2 is 2.25 bits per heavy atom. The van der Waals surface area contributed by atoms with Crippen LogP contribution in [-0.2, 0) is 11.2 Å². The third-order valence-corrected chi connectivity index (χ3v) is 4.73. The molecule has 0 radical (unpaired) electrons. The fourth-order valence-electron chi connectivity index (χ4n) is 2.60. The molecule has 1 aromatic carbocycles. The summed E-state index contributed by atoms with van der Waals surface area (Å²) in [7, 11) is 0. The maximum Gasteiger partial charge on any atom is 0.251 e. The summed E-state index contributed by atoms with van der Waals surface area (Å²) < 4.78 is 11.2. The van der Waals surface area contributed by atoms with Crippen molar-refractivity contribution < 1.29 is 14.3 Å². The van der Waals surface area contributed by atoms with E-state index in [-0.39, 0.29) is 12.0 Å². The molecule has 1 aliphatic heterocycles. The number of thiazole rings is 1. The number of carbonyl (C=O) groups excluding carboxylic acids is 1. The second-order valence-corrected chi connectivity index (χ2v) is 6.90. The molecule has 1 fully saturated rings. The minimum Gasteiger partial charge on any atom is -0.491 e. The van der Waals surface area contributed by atoms with E-state index in [9.17, 15) is 4.79 Å². The number of benzene rings is 1. The molecular weight excluding hydrogens is 324 g/mol. The van der Waals surface area contributed by atoms with E-state index in [0.717, 1.165) is 42.3 Å². The second kappa shape index (κ2) is 8.26. The lowest BCUT2D eigenvalue weighted by Gasteiger charge is -2.11. The molecule has 1 aromatic heterocycles. The molecule has 0 aliphatic carbocycles. The van der Waals surface area contributed by atoms with Gasteiger partial charge in [0.1, 0.15) is 12.4 Å². The Balaban J connectivity index is 1.42. The predicted octanol–water partition coefficient (Wildman–Crippen LogP) is 2.98. The van der Waals surface area contributed by atoms with Gasteiger partial charge in [-0.15, -0.1) is 11.3 Å². The summed E-state index contributed by atoms with van der Waals surface area (Å²) in [5, 5.41) is 6.00. The smallest absolute Gasteiger partial charge is 0.251 e. The number of ether oxygens (including phenoxy) is 2. The number of carbonyl (C=O) groups is 1. The topological polar surface area (TPSA) is 60.5 Å². The molecule has 5 nitrogen and oxygen atoms in total. The number of aryl methyl sites for hydroxylation is 1. The monoisotopic (exact) mass is 346 g/mol. The maximum absolute atomic E-state index is 12.1. The molecule has 0 bridgehead atoms. The van der Waals surface area contributed by atoms with E-state index in [0.29, 0.717) is 18.7 Å². The largest absolute Gasteiger partial charge is 0.491 e. The van der Waals surface area contributed by atoms with Crippen LogP contribution in [0.3, 0.4) is 0 Å². The zero-order valence-corrected chi connectivity index (χ0v) is 14.6. The van der Waals surface area contributed by atoms with Crippen LogP contribution in [0.2, 0.25) is 0 Å². The first-order valence-electron chi connectivity index (χ1n) is 8.24. The number of hydrogen-bond acceptors (Lipinski definition) is 5. The van der Waals surface area contributed by atoms with Gasteiger partial charge in [0, 0.05) is 30.5 Å². The Morgan fingerprint density at radius 3 is 2.92 bits per heavy atom. The Hall–Kier alpha value is -1.92. The zero-order valence-electron chi connectivity index (χ0n) is 13.8. The van der Waals surface area contributed by atoms with Gasteiger partial charge >= 0.3 is 0 Å². The maximum atomic E-state index is 12.1. The molecule has 1 saturated heterocycles. The summed E-state index contributed by atoms with van der Waals surface area (Å²) in [6.45, 7) is 3.96. The molecule has 1 aliphatic rings. The normalized spacial score (nSPS) is 17.0. The minimum absolute atomic E-state index is 0.0763. The molecule has 1 atom stereocenters. The molecular formula is C18H22N2O3S. The number of rotatable bonds is 7. The third-order valence-electron chi connectivity index (χ3n) is 3.91. The van der Waals surface area contributed by atoms with Crippen molar-refractivity contribution in [3.8, 4) is 5.75 Å². The van der Waals surface area contributed by atoms with Crippen LogP contribution in [0.5, 0.6) is 5.75 Å². The highest BCUT2D eigenvalue weighted by Gasteiger charge is 2.16. The average molecular weight is 346 g/mol. The highest BCUT2D eigenvalue weighted by atomic mass is 32.1. The first kappa shape index (κ1) is 16.9. The van der Waals surface area contributed by atoms with Gasteiger partial charge < -0.3 is 14.8 Å². The lowest BCUT2D eigenvalue weighted by molar-refractivity contribution is 0.0679. The Morgan fingerprint density at radius 1 is 1.42 bits per heavy atom. The van der Waals surface area contributed by atoms with E-state index in [1.54, 1.807) is 23.5 Å². The highest BCUT2D eigenvalue weighted by molar-refractivity contribution is 7.09. The van der Waals surface area contributed by atoms with E-state index in [1.165, 1.54) is 0 Å². The molecule has 24 heavy (non-hydrogen) atoms. The Bertz CT molecular complexity index is 663. The van der Waals surface area contributed by atoms with Crippen molar-refractivity contribution in [2.24, 2.45) is 0 Å². The van der Waals surface area contributed by atoms with E-state index in [1.807, 2.05) is 24.4 Å². The SMILES string of the molecule is Cc1nc(CCNC(=O)c2ccc(OCC3CCCO3)cc2)cs1. The van der Waals surface area contributed by atoms with E-state index in [4.69, 9.17) is 9.47 Å². The van der Waals surface area contributed by atoms with E-state index in [2.05, 4.69) is 10.3 Å². The lowest BCUT2D eigenvalue weighted by atomic mass is 10.2. The summed E-state index contributed by atoms with van der Waals surface area (Å²) in [4.78, 5) is 16.5. The molecule has 128 valence electrons. The van der Waals surface area contributed by atoms with Crippen molar-refractivity contribution in [2.75, 3.05) is 19.8 Å². The van der Waals surface area contributed by atoms with Crippen molar-refractivity contribution in [3.63, 3.8) is 0 Å². The fourth-order valence-corrected chi connectivity index (χ4v) is 3.24. The highest BCUT2D eigenvalue weighted by Crippen LogP contribution is 2.16. The van der Waals surface area contributed by atoms with Crippen LogP contribution >= 0.6 is 11.3 Å². The molecule has 0 spiro atoms. The van der Waals surface area contributed by atoms with Crippen LogP contribution in [0.25, 0.3) is 0 Å². The summed E-state index contributed by atoms with van der Waals surface area (Å²) in [5.41, 5.74) is 1.66. The first-order valence-corrected chi connectivity index (χ1v) is 9.12. The Labute approximate surface area is 146 Å². The number of nitrogens with zero attached hydrogens (tertiary/aromatic N) is 1. The summed E-state index contributed by atoms with van der Waals surface area (Å²) in [6, 6.07) is 7.22. The van der Waals surface area contributed by atoms with Crippen LogP contribution in [-0.4, -0.2) is 36.8 Å². The van der Waals surface area contributed by atoms with Gasteiger partial charge in [0.05, 0.1) is 16.8 Å². The van der Waals surface area contributed by atoms with Crippen LogP contribution in [0.4, 0.5) is 0 Å². The molecule has 2 heterocycles. The van der Waals surface area contributed by atoms with Gasteiger partial charge in [-0.1, -0.05) is 0 Å². The third kappa shape index (κ3) is 4.79. The molecule has 2 aromatic rings. The Kier molecular flexibility index (Phi) is 5.82. The van der Waals surface area contributed by atoms with Gasteiger partial charge in [-0.2, -0.15) is 0 Å². The van der Waals surface area contributed by atoms with E-state index < -0.39 is 0 Å². The van der Waals surface area contributed by atoms with Gasteiger partial charge in [-0.05, 0) is 44.0 Å². The zero-order chi connectivity index (χ0) is 16.8. The molecule has 1 unspecified atom stereocenters. The second-order valence-electron chi connectivity index (χ2n) is 5.83. The van der Waals surface area contributed by atoms with Gasteiger partial charge in [0.2, 0.25) is 0 Å². The molecule has 1 N–H and O–H groups in total. The minimum atomic E-state index is -0.0763. The molecule has 1 amide bonds. The average Bonchev–Trinajstić information content (AvgIpc) is 3.25. The quantitative estimate of drug-likeness (QED) is 0.837. The van der Waals surface area contributed by atoms with Crippen molar-refractivity contribution >= 4 is 17.2 Å². The van der Waals surface area contributed by atoms with Gasteiger partial charge in [-0.25, -0.2) is 4.98 Å². The van der Waals surface area contributed by atoms with Crippen LogP contribution in [0.15, 0.2) is 29.6 Å². The van der Waals surface area contributed by atoms with Crippen LogP contribution in [0, 0.1) is 6.92 Å². The molecule has 6 heteroatoms. The van der Waals surface area contributed by atoms with Crippen molar-refractivity contribution in [1.82, 2.24) is 10.3 Å². The number of amides is 1. The fraction of sp³-hybridized carbons (Fsp3) is 0.444. The van der Waals surface area contributed by atoms with Crippen LogP contribution in [0.1, 0.15) is 33.9 Å². The number of aromatic nitrogens is 1. The summed E-state index contributed by atoms with van der Waals surface area (Å²) >= 11 is 1.63. The van der Waals surface area contributed by atoms with Crippen molar-refractivity contribution in [2.45, 2.75) is 32.3 Å². The van der Waals surface area contributed by atoms with Crippen LogP contribution < -0.4 is 10.1 Å². The molecule has 3 rings (SSSR count). The predicted molar refractivity (Wildman–Crippen MR) is 93.8 cm³/mol. The van der Waals surface area contributed by atoms with Crippen molar-refractivity contribution in [1.29, 1.82) is 0 Å². The van der Waals surface area contributed by atoms with Gasteiger partial charge in [0.15, 0.2) is 0 Å². The lowest BCUT2D eigenvalue weighted by Crippen LogP contribution is -2.25. The summed E-state index contributed by atoms with van der Waals surface area (Å²) in [5.74, 6) is 0.688. The standard InChI is InChI=1S/C18H22N2O3S/c1-13-20-15(12-24-13)8-9-19-18(21)14-4-6-16(7-5-14)23-11-17-3-2-10-22-17/h4-7,12,17H,2-3,8-11H2,1H3,(H,19,21). The first-order chi connectivity index (χ1) is 11.7. The molecule has 0 saturated carbocycles. The summed E-state index contributed by atoms with van der Waals surface area (Å²) in [6.07, 6.45) is 3.10. The van der Waals surface area contributed by atoms with Crippen molar-refractivity contribution in [3.05, 3.63) is 45.9 Å². The number of nitrogens with one attached hydrogen (secondary N) is 1.